The number of halogens is 1. The summed E-state index contributed by atoms with van der Waals surface area (Å²) in [5.74, 6) is 0. The molecule has 2 aromatic carbocycles. The Morgan fingerprint density at radius 3 is 2.74 bits per heavy atom. The van der Waals surface area contributed by atoms with Gasteiger partial charge in [-0.1, -0.05) is 43.0 Å². The highest BCUT2D eigenvalue weighted by Gasteiger charge is 2.10. The normalized spacial score (nSPS) is 10.0. The van der Waals surface area contributed by atoms with Gasteiger partial charge in [0.15, 0.2) is 0 Å². The Morgan fingerprint density at radius 2 is 2.00 bits per heavy atom. The third-order valence-electron chi connectivity index (χ3n) is 2.68. The molecule has 0 aliphatic rings. The number of nitrogens with zero attached hydrogens (tertiary/aromatic N) is 1. The highest BCUT2D eigenvalue weighted by atomic mass is 127. The maximum Gasteiger partial charge on any atom is 0.240 e. The maximum atomic E-state index is 10.5. The molecule has 96 valence electrons. The number of hydrogen-bond donors (Lipinski definition) is 0. The van der Waals surface area contributed by atoms with Crippen molar-refractivity contribution >= 4 is 46.1 Å². The van der Waals surface area contributed by atoms with Gasteiger partial charge in [-0.15, -0.1) is 0 Å². The first-order valence-electron chi connectivity index (χ1n) is 5.88. The van der Waals surface area contributed by atoms with Gasteiger partial charge in [0.25, 0.3) is 0 Å². The van der Waals surface area contributed by atoms with E-state index in [-0.39, 0.29) is 0 Å². The van der Waals surface area contributed by atoms with Gasteiger partial charge in [-0.25, -0.2) is 4.79 Å². The maximum absolute atomic E-state index is 10.5. The van der Waals surface area contributed by atoms with Crippen LogP contribution in [0.4, 0.5) is 5.69 Å². The minimum absolute atomic E-state index is 0.679. The topological polar surface area (TPSA) is 29.4 Å². The van der Waals surface area contributed by atoms with Crippen LogP contribution < -0.4 is 0 Å². The monoisotopic (exact) mass is 381 g/mol. The summed E-state index contributed by atoms with van der Waals surface area (Å²) < 4.78 is 1.09. The van der Waals surface area contributed by atoms with E-state index in [2.05, 4.69) is 46.6 Å². The van der Waals surface area contributed by atoms with Gasteiger partial charge in [-0.3, -0.25) is 0 Å². The van der Waals surface area contributed by atoms with E-state index in [1.165, 1.54) is 10.5 Å². The molecule has 0 amide bonds. The van der Waals surface area contributed by atoms with Crippen LogP contribution in [-0.4, -0.2) is 6.08 Å². The molecule has 0 atom stereocenters. The third-order valence-corrected chi connectivity index (χ3v) is 5.19. The van der Waals surface area contributed by atoms with Gasteiger partial charge in [0.05, 0.1) is 10.6 Å². The Balaban J connectivity index is 2.45. The van der Waals surface area contributed by atoms with Crippen LogP contribution in [0.25, 0.3) is 0 Å². The number of benzene rings is 2. The first kappa shape index (κ1) is 14.3. The summed E-state index contributed by atoms with van der Waals surface area (Å²) in [6.45, 7) is 2.14. The minimum Gasteiger partial charge on any atom is -0.211 e. The molecule has 2 nitrogen and oxygen atoms in total. The lowest BCUT2D eigenvalue weighted by Gasteiger charge is -2.10. The van der Waals surface area contributed by atoms with Crippen molar-refractivity contribution < 1.29 is 4.79 Å². The molecule has 4 heteroatoms. The molecule has 19 heavy (non-hydrogen) atoms. The average Bonchev–Trinajstić information content (AvgIpc) is 2.43. The zero-order valence-corrected chi connectivity index (χ0v) is 13.4. The molecule has 0 fully saturated rings. The van der Waals surface area contributed by atoms with Gasteiger partial charge in [0.1, 0.15) is 0 Å². The molecule has 2 rings (SSSR count). The lowest BCUT2D eigenvalue weighted by atomic mass is 10.2. The summed E-state index contributed by atoms with van der Waals surface area (Å²) >= 11 is 3.92. The molecule has 0 unspecified atom stereocenters. The van der Waals surface area contributed by atoms with Crippen LogP contribution in [0.3, 0.4) is 0 Å². The fourth-order valence-corrected chi connectivity index (χ4v) is 3.65. The van der Waals surface area contributed by atoms with Crippen molar-refractivity contribution in [1.29, 1.82) is 0 Å². The molecule has 0 aliphatic carbocycles. The molecular formula is C15H12INOS. The predicted octanol–water partition coefficient (Wildman–Crippen LogP) is 4.97. The van der Waals surface area contributed by atoms with Crippen molar-refractivity contribution in [3.05, 3.63) is 51.6 Å². The number of aryl methyl sites for hydroxylation is 1. The van der Waals surface area contributed by atoms with Crippen molar-refractivity contribution in [2.75, 3.05) is 0 Å². The first-order chi connectivity index (χ1) is 9.26. The highest BCUT2D eigenvalue weighted by Crippen LogP contribution is 2.39. The number of hydrogen-bond acceptors (Lipinski definition) is 3. The van der Waals surface area contributed by atoms with Crippen LogP contribution in [-0.2, 0) is 11.2 Å². The van der Waals surface area contributed by atoms with Crippen LogP contribution >= 0.6 is 34.4 Å². The third kappa shape index (κ3) is 3.47. The van der Waals surface area contributed by atoms with Crippen LogP contribution in [0.5, 0.6) is 0 Å². The van der Waals surface area contributed by atoms with E-state index in [9.17, 15) is 4.79 Å². The van der Waals surface area contributed by atoms with Crippen molar-refractivity contribution in [3.63, 3.8) is 0 Å². The van der Waals surface area contributed by atoms with Gasteiger partial charge in [0.2, 0.25) is 6.08 Å². The van der Waals surface area contributed by atoms with E-state index < -0.39 is 0 Å². The molecule has 0 heterocycles. The molecule has 0 aliphatic heterocycles. The van der Waals surface area contributed by atoms with Crippen molar-refractivity contribution in [3.8, 4) is 0 Å². The van der Waals surface area contributed by atoms with Crippen molar-refractivity contribution in [2.45, 2.75) is 23.1 Å². The quantitative estimate of drug-likeness (QED) is 0.425. The number of carbonyl (C=O) groups excluding carboxylic acids is 1. The zero-order valence-electron chi connectivity index (χ0n) is 10.4. The lowest BCUT2D eigenvalue weighted by Crippen LogP contribution is -1.86. The van der Waals surface area contributed by atoms with E-state index in [0.717, 1.165) is 14.9 Å². The Hall–Kier alpha value is -1.10. The molecule has 0 radical (unpaired) electrons. The molecule has 0 spiro atoms. The van der Waals surface area contributed by atoms with Gasteiger partial charge in [0, 0.05) is 8.47 Å². The molecule has 0 N–H and O–H groups in total. The van der Waals surface area contributed by atoms with E-state index in [4.69, 9.17) is 0 Å². The van der Waals surface area contributed by atoms with E-state index in [1.54, 1.807) is 17.8 Å². The minimum atomic E-state index is 0.679. The van der Waals surface area contributed by atoms with E-state index in [0.29, 0.717) is 5.69 Å². The van der Waals surface area contributed by atoms with Crippen LogP contribution in [0, 0.1) is 3.57 Å². The second kappa shape index (κ2) is 6.89. The molecule has 0 aromatic heterocycles. The van der Waals surface area contributed by atoms with Gasteiger partial charge in [-0.05, 0) is 52.8 Å². The van der Waals surface area contributed by atoms with Gasteiger partial charge < -0.3 is 0 Å². The first-order valence-corrected chi connectivity index (χ1v) is 7.78. The fraction of sp³-hybridized carbons (Fsp3) is 0.133. The summed E-state index contributed by atoms with van der Waals surface area (Å²) in [6.07, 6.45) is 2.61. The van der Waals surface area contributed by atoms with Crippen molar-refractivity contribution in [2.24, 2.45) is 4.99 Å². The van der Waals surface area contributed by atoms with Gasteiger partial charge >= 0.3 is 0 Å². The number of isocyanates is 1. The largest absolute Gasteiger partial charge is 0.240 e. The second-order valence-corrected chi connectivity index (χ2v) is 6.07. The smallest absolute Gasteiger partial charge is 0.211 e. The van der Waals surface area contributed by atoms with Crippen LogP contribution in [0.2, 0.25) is 0 Å². The Labute approximate surface area is 130 Å². The number of aliphatic imine (C=N–C) groups is 1. The van der Waals surface area contributed by atoms with Gasteiger partial charge in [-0.2, -0.15) is 4.99 Å². The summed E-state index contributed by atoms with van der Waals surface area (Å²) in [7, 11) is 0. The average molecular weight is 381 g/mol. The SMILES string of the molecule is CCc1ccccc1Sc1c(I)cccc1N=C=O. The van der Waals surface area contributed by atoms with Crippen LogP contribution in [0.1, 0.15) is 12.5 Å². The zero-order chi connectivity index (χ0) is 13.7. The molecule has 0 bridgehead atoms. The fourth-order valence-electron chi connectivity index (χ4n) is 1.74. The summed E-state index contributed by atoms with van der Waals surface area (Å²) in [5.41, 5.74) is 1.98. The highest BCUT2D eigenvalue weighted by molar-refractivity contribution is 14.1. The predicted molar refractivity (Wildman–Crippen MR) is 86.9 cm³/mol. The molecule has 0 saturated carbocycles. The molecule has 2 aromatic rings. The van der Waals surface area contributed by atoms with E-state index in [1.807, 2.05) is 30.3 Å². The molecule has 0 saturated heterocycles. The standard InChI is InChI=1S/C15H12INOS/c1-2-11-6-3-4-9-14(11)19-15-12(16)7-5-8-13(15)17-10-18/h3-9H,2H2,1H3. The summed E-state index contributed by atoms with van der Waals surface area (Å²) in [4.78, 5) is 16.5. The van der Waals surface area contributed by atoms with Crippen molar-refractivity contribution in [1.82, 2.24) is 0 Å². The Morgan fingerprint density at radius 1 is 1.21 bits per heavy atom. The number of rotatable bonds is 4. The summed E-state index contributed by atoms with van der Waals surface area (Å²) in [5, 5.41) is 0. The van der Waals surface area contributed by atoms with E-state index >= 15 is 0 Å². The lowest BCUT2D eigenvalue weighted by molar-refractivity contribution is 0.565. The summed E-state index contributed by atoms with van der Waals surface area (Å²) in [6, 6.07) is 14.0. The Bertz CT molecular complexity index is 636. The second-order valence-electron chi connectivity index (χ2n) is 3.85. The van der Waals surface area contributed by atoms with Crippen LogP contribution in [0.15, 0.2) is 57.2 Å². The molecular weight excluding hydrogens is 369 g/mol. The Kier molecular flexibility index (Phi) is 5.19.